The largest absolute Gasteiger partial charge is 0.370 e. The number of aromatic nitrogens is 1. The van der Waals surface area contributed by atoms with Crippen LogP contribution in [0.3, 0.4) is 0 Å². The Hall–Kier alpha value is -2.06. The summed E-state index contributed by atoms with van der Waals surface area (Å²) in [4.78, 5) is 11.2. The molecule has 0 spiro atoms. The van der Waals surface area contributed by atoms with Crippen LogP contribution in [0.1, 0.15) is 11.1 Å². The van der Waals surface area contributed by atoms with Gasteiger partial charge in [-0.25, -0.2) is 0 Å². The minimum atomic E-state index is -0.330. The zero-order chi connectivity index (χ0) is 11.4. The molecule has 0 fully saturated rings. The highest BCUT2D eigenvalue weighted by Crippen LogP contribution is 2.16. The Morgan fingerprint density at radius 3 is 2.81 bits per heavy atom. The lowest BCUT2D eigenvalue weighted by atomic mass is 10.2. The van der Waals surface area contributed by atoms with Crippen molar-refractivity contribution in [2.75, 3.05) is 5.32 Å². The molecule has 0 saturated heterocycles. The van der Waals surface area contributed by atoms with Crippen molar-refractivity contribution in [3.63, 3.8) is 0 Å². The molecule has 0 amide bonds. The quantitative estimate of drug-likeness (QED) is 0.848. The number of hydrogen-bond acceptors (Lipinski definition) is 4. The zero-order valence-electron chi connectivity index (χ0n) is 8.36. The molecule has 2 N–H and O–H groups in total. The predicted octanol–water partition coefficient (Wildman–Crippen LogP) is 1.92. The number of nitrogens with zero attached hydrogens (tertiary/aromatic N) is 1. The molecule has 4 nitrogen and oxygen atoms in total. The van der Waals surface area contributed by atoms with Crippen molar-refractivity contribution < 1.29 is 0 Å². The molecule has 1 aromatic heterocycles. The van der Waals surface area contributed by atoms with Gasteiger partial charge in [-0.3, -0.25) is 9.17 Å². The van der Waals surface area contributed by atoms with Gasteiger partial charge in [0.05, 0.1) is 0 Å². The molecule has 1 aromatic carbocycles. The number of H-pyrrole nitrogens is 1. The molecule has 0 radical (unpaired) electrons. The Morgan fingerprint density at radius 1 is 1.38 bits per heavy atom. The minimum absolute atomic E-state index is 0.154. The van der Waals surface area contributed by atoms with Crippen molar-refractivity contribution in [2.24, 2.45) is 0 Å². The Labute approximate surface area is 96.3 Å². The first-order valence-corrected chi connectivity index (χ1v) is 5.52. The van der Waals surface area contributed by atoms with E-state index in [4.69, 9.17) is 5.26 Å². The molecule has 16 heavy (non-hydrogen) atoms. The maximum Gasteiger partial charge on any atom is 0.278 e. The molecule has 80 valence electrons. The van der Waals surface area contributed by atoms with E-state index in [1.54, 1.807) is 0 Å². The average molecular weight is 231 g/mol. The van der Waals surface area contributed by atoms with E-state index in [-0.39, 0.29) is 11.1 Å². The fourth-order valence-corrected chi connectivity index (χ4v) is 1.99. The van der Waals surface area contributed by atoms with Crippen molar-refractivity contribution in [1.82, 2.24) is 4.37 Å². The molecule has 0 aliphatic heterocycles. The van der Waals surface area contributed by atoms with E-state index in [1.165, 1.54) is 0 Å². The van der Waals surface area contributed by atoms with E-state index in [0.29, 0.717) is 11.5 Å². The lowest BCUT2D eigenvalue weighted by molar-refractivity contribution is 1.16. The topological polar surface area (TPSA) is 68.7 Å². The van der Waals surface area contributed by atoms with E-state index in [0.717, 1.165) is 17.1 Å². The minimum Gasteiger partial charge on any atom is -0.370 e. The third-order valence-corrected chi connectivity index (χ3v) is 2.95. The van der Waals surface area contributed by atoms with Gasteiger partial charge in [0.2, 0.25) is 0 Å². The molecule has 2 aromatic rings. The van der Waals surface area contributed by atoms with Crippen LogP contribution >= 0.6 is 11.5 Å². The van der Waals surface area contributed by atoms with Gasteiger partial charge in [-0.1, -0.05) is 30.3 Å². The van der Waals surface area contributed by atoms with Crippen molar-refractivity contribution in [1.29, 1.82) is 5.26 Å². The molecule has 0 aliphatic rings. The van der Waals surface area contributed by atoms with Gasteiger partial charge in [0, 0.05) is 6.54 Å². The van der Waals surface area contributed by atoms with Gasteiger partial charge in [-0.05, 0) is 17.1 Å². The normalized spacial score (nSPS) is 9.69. The molecule has 5 heteroatoms. The van der Waals surface area contributed by atoms with Crippen molar-refractivity contribution in [3.05, 3.63) is 51.8 Å². The Kier molecular flexibility index (Phi) is 3.03. The highest BCUT2D eigenvalue weighted by molar-refractivity contribution is 7.10. The lowest BCUT2D eigenvalue weighted by Crippen LogP contribution is -2.04. The van der Waals surface area contributed by atoms with E-state index < -0.39 is 0 Å². The van der Waals surface area contributed by atoms with Crippen LogP contribution in [-0.2, 0) is 6.54 Å². The van der Waals surface area contributed by atoms with Gasteiger partial charge in [0.25, 0.3) is 5.56 Å². The van der Waals surface area contributed by atoms with Gasteiger partial charge >= 0.3 is 0 Å². The van der Waals surface area contributed by atoms with Gasteiger partial charge in [-0.2, -0.15) is 5.26 Å². The smallest absolute Gasteiger partial charge is 0.278 e. The summed E-state index contributed by atoms with van der Waals surface area (Å²) in [6.45, 7) is 0.601. The molecule has 0 aliphatic carbocycles. The summed E-state index contributed by atoms with van der Waals surface area (Å²) in [5.41, 5.74) is 0.927. The second kappa shape index (κ2) is 4.64. The Balaban J connectivity index is 2.12. The summed E-state index contributed by atoms with van der Waals surface area (Å²) >= 11 is 1.15. The van der Waals surface area contributed by atoms with Crippen LogP contribution in [0.5, 0.6) is 0 Å². The first-order valence-electron chi connectivity index (χ1n) is 4.70. The number of benzene rings is 1. The highest BCUT2D eigenvalue weighted by atomic mass is 32.1. The summed E-state index contributed by atoms with van der Waals surface area (Å²) in [5, 5.41) is 12.4. The van der Waals surface area contributed by atoms with Crippen LogP contribution in [-0.4, -0.2) is 4.37 Å². The van der Waals surface area contributed by atoms with Crippen LogP contribution < -0.4 is 10.9 Å². The fraction of sp³-hybridized carbons (Fsp3) is 0.0909. The maximum absolute atomic E-state index is 11.2. The Morgan fingerprint density at radius 2 is 2.12 bits per heavy atom. The maximum atomic E-state index is 11.2. The van der Waals surface area contributed by atoms with Gasteiger partial charge in [0.1, 0.15) is 11.1 Å². The van der Waals surface area contributed by atoms with Crippen molar-refractivity contribution in [3.8, 4) is 6.07 Å². The van der Waals surface area contributed by atoms with Crippen LogP contribution in [0.2, 0.25) is 0 Å². The first kappa shape index (κ1) is 10.5. The van der Waals surface area contributed by atoms with Crippen LogP contribution in [0.4, 0.5) is 5.00 Å². The van der Waals surface area contributed by atoms with E-state index in [1.807, 2.05) is 36.4 Å². The standard InChI is InChI=1S/C11H9N3OS/c12-6-9-10(15)14-16-11(9)13-7-8-4-2-1-3-5-8/h1-5,13H,7H2,(H,14,15). The van der Waals surface area contributed by atoms with Crippen LogP contribution in [0, 0.1) is 11.3 Å². The van der Waals surface area contributed by atoms with Gasteiger partial charge in [-0.15, -0.1) is 0 Å². The van der Waals surface area contributed by atoms with Crippen LogP contribution in [0.25, 0.3) is 0 Å². The molecule has 2 rings (SSSR count). The molecular weight excluding hydrogens is 222 g/mol. The van der Waals surface area contributed by atoms with Crippen LogP contribution in [0.15, 0.2) is 35.1 Å². The number of hydrogen-bond donors (Lipinski definition) is 2. The summed E-state index contributed by atoms with van der Waals surface area (Å²) < 4.78 is 2.53. The van der Waals surface area contributed by atoms with Gasteiger partial charge in [0.15, 0.2) is 5.56 Å². The third kappa shape index (κ3) is 2.12. The molecule has 0 saturated carbocycles. The van der Waals surface area contributed by atoms with E-state index >= 15 is 0 Å². The third-order valence-electron chi connectivity index (χ3n) is 2.11. The molecule has 0 unspecified atom stereocenters. The second-order valence-corrected chi connectivity index (χ2v) is 4.00. The number of anilines is 1. The summed E-state index contributed by atoms with van der Waals surface area (Å²) in [5.74, 6) is 0. The highest BCUT2D eigenvalue weighted by Gasteiger charge is 2.08. The fourth-order valence-electron chi connectivity index (χ4n) is 1.31. The second-order valence-electron chi connectivity index (χ2n) is 3.19. The zero-order valence-corrected chi connectivity index (χ0v) is 9.17. The molecule has 0 atom stereocenters. The number of aromatic amines is 1. The number of nitriles is 1. The summed E-state index contributed by atoms with van der Waals surface area (Å²) in [6.07, 6.45) is 0. The lowest BCUT2D eigenvalue weighted by Gasteiger charge is -2.02. The SMILES string of the molecule is N#Cc1c(NCc2ccccc2)s[nH]c1=O. The Bertz CT molecular complexity index is 565. The average Bonchev–Trinajstić information content (AvgIpc) is 2.68. The van der Waals surface area contributed by atoms with Gasteiger partial charge < -0.3 is 5.32 Å². The summed E-state index contributed by atoms with van der Waals surface area (Å²) in [7, 11) is 0. The van der Waals surface area contributed by atoms with E-state index in [9.17, 15) is 4.79 Å². The molecule has 1 heterocycles. The summed E-state index contributed by atoms with van der Waals surface area (Å²) in [6, 6.07) is 11.7. The van der Waals surface area contributed by atoms with Crippen molar-refractivity contribution >= 4 is 16.5 Å². The molecule has 0 bridgehead atoms. The predicted molar refractivity (Wildman–Crippen MR) is 63.4 cm³/mol. The number of rotatable bonds is 3. The number of nitrogens with one attached hydrogen (secondary N) is 2. The monoisotopic (exact) mass is 231 g/mol. The van der Waals surface area contributed by atoms with E-state index in [2.05, 4.69) is 9.69 Å². The molecular formula is C11H9N3OS. The van der Waals surface area contributed by atoms with Crippen molar-refractivity contribution in [2.45, 2.75) is 6.54 Å². The first-order chi connectivity index (χ1) is 7.81.